The summed E-state index contributed by atoms with van der Waals surface area (Å²) in [7, 11) is 1.63. The molecule has 0 aliphatic rings. The lowest BCUT2D eigenvalue weighted by atomic mass is 10.1. The molecule has 4 heteroatoms. The number of carbonyl (C=O) groups excluding carboxylic acids is 1. The Hall–Kier alpha value is -1.56. The molecule has 0 aliphatic heterocycles. The minimum Gasteiger partial charge on any atom is -0.497 e. The van der Waals surface area contributed by atoms with E-state index in [9.17, 15) is 4.79 Å². The first kappa shape index (κ1) is 14.8. The van der Waals surface area contributed by atoms with Crippen LogP contribution in [0.2, 0.25) is 0 Å². The van der Waals surface area contributed by atoms with Gasteiger partial charge in [0.15, 0.2) is 0 Å². The number of amides is 1. The number of ether oxygens (including phenoxy) is 1. The molecular formula is C16H16INO2. The molecule has 3 nitrogen and oxygen atoms in total. The van der Waals surface area contributed by atoms with Crippen molar-refractivity contribution in [1.29, 1.82) is 0 Å². The third kappa shape index (κ3) is 3.72. The fourth-order valence-corrected chi connectivity index (χ4v) is 2.28. The van der Waals surface area contributed by atoms with Gasteiger partial charge in [-0.2, -0.15) is 0 Å². The van der Waals surface area contributed by atoms with E-state index in [1.165, 1.54) is 5.56 Å². The van der Waals surface area contributed by atoms with E-state index >= 15 is 0 Å². The maximum absolute atomic E-state index is 12.1. The van der Waals surface area contributed by atoms with Crippen LogP contribution >= 0.6 is 22.6 Å². The Morgan fingerprint density at radius 1 is 1.20 bits per heavy atom. The molecule has 0 aliphatic carbocycles. The number of aryl methyl sites for hydroxylation is 1. The number of rotatable bonds is 4. The Bertz CT molecular complexity index is 608. The van der Waals surface area contributed by atoms with Crippen molar-refractivity contribution >= 4 is 28.5 Å². The maximum Gasteiger partial charge on any atom is 0.251 e. The first-order valence-corrected chi connectivity index (χ1v) is 7.35. The number of halogens is 1. The summed E-state index contributed by atoms with van der Waals surface area (Å²) >= 11 is 2.24. The summed E-state index contributed by atoms with van der Waals surface area (Å²) < 4.78 is 6.20. The molecule has 0 unspecified atom stereocenters. The van der Waals surface area contributed by atoms with Crippen LogP contribution in [0.25, 0.3) is 0 Å². The summed E-state index contributed by atoms with van der Waals surface area (Å²) in [5.41, 5.74) is 2.91. The summed E-state index contributed by atoms with van der Waals surface area (Å²) in [5.74, 6) is 0.756. The van der Waals surface area contributed by atoms with Crippen molar-refractivity contribution in [2.45, 2.75) is 13.5 Å². The second-order valence-corrected chi connectivity index (χ2v) is 5.66. The molecule has 20 heavy (non-hydrogen) atoms. The van der Waals surface area contributed by atoms with Gasteiger partial charge in [-0.3, -0.25) is 4.79 Å². The van der Waals surface area contributed by atoms with Gasteiger partial charge < -0.3 is 10.1 Å². The van der Waals surface area contributed by atoms with Gasteiger partial charge in [-0.15, -0.1) is 0 Å². The van der Waals surface area contributed by atoms with E-state index in [0.717, 1.165) is 14.9 Å². The minimum absolute atomic E-state index is 0.0567. The summed E-state index contributed by atoms with van der Waals surface area (Å²) in [6, 6.07) is 13.4. The highest BCUT2D eigenvalue weighted by Crippen LogP contribution is 2.14. The van der Waals surface area contributed by atoms with Gasteiger partial charge in [0.25, 0.3) is 5.91 Å². The first-order chi connectivity index (χ1) is 9.60. The molecule has 0 radical (unpaired) electrons. The average Bonchev–Trinajstić information content (AvgIpc) is 2.48. The number of benzene rings is 2. The first-order valence-electron chi connectivity index (χ1n) is 6.27. The van der Waals surface area contributed by atoms with Gasteiger partial charge in [-0.25, -0.2) is 0 Å². The van der Waals surface area contributed by atoms with E-state index in [1.807, 2.05) is 49.4 Å². The predicted molar refractivity (Wildman–Crippen MR) is 88.1 cm³/mol. The number of methoxy groups -OCH3 is 1. The molecule has 1 N–H and O–H groups in total. The normalized spacial score (nSPS) is 10.2. The zero-order chi connectivity index (χ0) is 14.5. The Kier molecular flexibility index (Phi) is 5.00. The molecule has 0 aromatic heterocycles. The van der Waals surface area contributed by atoms with E-state index in [1.54, 1.807) is 7.11 Å². The van der Waals surface area contributed by atoms with Gasteiger partial charge in [0.2, 0.25) is 0 Å². The van der Waals surface area contributed by atoms with E-state index in [4.69, 9.17) is 4.74 Å². The van der Waals surface area contributed by atoms with Crippen molar-refractivity contribution in [3.05, 3.63) is 62.7 Å². The SMILES string of the molecule is COc1ccc(CNC(=O)c2ccc(C)c(I)c2)cc1. The Morgan fingerprint density at radius 3 is 2.50 bits per heavy atom. The van der Waals surface area contributed by atoms with Gasteiger partial charge in [-0.1, -0.05) is 18.2 Å². The third-order valence-corrected chi connectivity index (χ3v) is 4.21. The largest absolute Gasteiger partial charge is 0.497 e. The number of hydrogen-bond donors (Lipinski definition) is 1. The Balaban J connectivity index is 1.98. The molecule has 0 bridgehead atoms. The molecule has 0 fully saturated rings. The maximum atomic E-state index is 12.1. The van der Waals surface area contributed by atoms with Crippen molar-refractivity contribution in [2.75, 3.05) is 7.11 Å². The zero-order valence-corrected chi connectivity index (χ0v) is 13.6. The molecule has 2 aromatic carbocycles. The smallest absolute Gasteiger partial charge is 0.251 e. The molecule has 1 amide bonds. The van der Waals surface area contributed by atoms with Gasteiger partial charge in [0, 0.05) is 15.7 Å². The van der Waals surface area contributed by atoms with Gasteiger partial charge in [0.05, 0.1) is 7.11 Å². The minimum atomic E-state index is -0.0567. The number of hydrogen-bond acceptors (Lipinski definition) is 2. The highest BCUT2D eigenvalue weighted by Gasteiger charge is 2.06. The topological polar surface area (TPSA) is 38.3 Å². The lowest BCUT2D eigenvalue weighted by Crippen LogP contribution is -2.22. The van der Waals surface area contributed by atoms with E-state index in [-0.39, 0.29) is 5.91 Å². The van der Waals surface area contributed by atoms with Crippen LogP contribution in [0.1, 0.15) is 21.5 Å². The number of carbonyl (C=O) groups is 1. The second kappa shape index (κ2) is 6.74. The molecule has 2 aromatic rings. The molecule has 0 atom stereocenters. The van der Waals surface area contributed by atoms with Crippen molar-refractivity contribution in [2.24, 2.45) is 0 Å². The highest BCUT2D eigenvalue weighted by molar-refractivity contribution is 14.1. The molecular weight excluding hydrogens is 365 g/mol. The molecule has 0 spiro atoms. The van der Waals surface area contributed by atoms with Crippen LogP contribution in [-0.4, -0.2) is 13.0 Å². The van der Waals surface area contributed by atoms with Crippen LogP contribution in [-0.2, 0) is 6.54 Å². The fourth-order valence-electron chi connectivity index (χ4n) is 1.76. The molecule has 0 saturated carbocycles. The lowest BCUT2D eigenvalue weighted by Gasteiger charge is -2.07. The summed E-state index contributed by atoms with van der Waals surface area (Å²) in [5, 5.41) is 2.92. The van der Waals surface area contributed by atoms with Crippen molar-refractivity contribution in [3.63, 3.8) is 0 Å². The average molecular weight is 381 g/mol. The molecule has 104 valence electrons. The van der Waals surface area contributed by atoms with Crippen LogP contribution in [0, 0.1) is 10.5 Å². The van der Waals surface area contributed by atoms with Crippen molar-refractivity contribution < 1.29 is 9.53 Å². The van der Waals surface area contributed by atoms with Crippen LogP contribution < -0.4 is 10.1 Å². The number of nitrogens with one attached hydrogen (secondary N) is 1. The molecule has 2 rings (SSSR count). The van der Waals surface area contributed by atoms with Crippen molar-refractivity contribution in [1.82, 2.24) is 5.32 Å². The van der Waals surface area contributed by atoms with E-state index in [2.05, 4.69) is 27.9 Å². The Morgan fingerprint density at radius 2 is 1.90 bits per heavy atom. The van der Waals surface area contributed by atoms with Crippen LogP contribution in [0.5, 0.6) is 5.75 Å². The highest BCUT2D eigenvalue weighted by atomic mass is 127. The fraction of sp³-hybridized carbons (Fsp3) is 0.188. The van der Waals surface area contributed by atoms with Crippen LogP contribution in [0.3, 0.4) is 0 Å². The monoisotopic (exact) mass is 381 g/mol. The van der Waals surface area contributed by atoms with Crippen molar-refractivity contribution in [3.8, 4) is 5.75 Å². The molecule has 0 saturated heterocycles. The van der Waals surface area contributed by atoms with Gasteiger partial charge in [0.1, 0.15) is 5.75 Å². The standard InChI is InChI=1S/C16H16INO2/c1-11-3-6-13(9-15(11)17)16(19)18-10-12-4-7-14(20-2)8-5-12/h3-9H,10H2,1-2H3,(H,18,19). The molecule has 0 heterocycles. The van der Waals surface area contributed by atoms with Crippen LogP contribution in [0.4, 0.5) is 0 Å². The second-order valence-electron chi connectivity index (χ2n) is 4.49. The lowest BCUT2D eigenvalue weighted by molar-refractivity contribution is 0.0951. The summed E-state index contributed by atoms with van der Waals surface area (Å²) in [6.45, 7) is 2.54. The summed E-state index contributed by atoms with van der Waals surface area (Å²) in [4.78, 5) is 12.1. The van der Waals surface area contributed by atoms with E-state index < -0.39 is 0 Å². The Labute approximate surface area is 132 Å². The van der Waals surface area contributed by atoms with Crippen LogP contribution in [0.15, 0.2) is 42.5 Å². The predicted octanol–water partition coefficient (Wildman–Crippen LogP) is 3.54. The van der Waals surface area contributed by atoms with Gasteiger partial charge >= 0.3 is 0 Å². The summed E-state index contributed by atoms with van der Waals surface area (Å²) in [6.07, 6.45) is 0. The third-order valence-electron chi connectivity index (χ3n) is 3.05. The van der Waals surface area contributed by atoms with E-state index in [0.29, 0.717) is 12.1 Å². The quantitative estimate of drug-likeness (QED) is 0.823. The van der Waals surface area contributed by atoms with Gasteiger partial charge in [-0.05, 0) is 64.9 Å². The zero-order valence-electron chi connectivity index (χ0n) is 11.4.